The summed E-state index contributed by atoms with van der Waals surface area (Å²) in [5, 5.41) is 0.361. The Balaban J connectivity index is 1.79. The Morgan fingerprint density at radius 3 is 2.38 bits per heavy atom. The van der Waals surface area contributed by atoms with Crippen molar-refractivity contribution in [2.75, 3.05) is 4.72 Å². The van der Waals surface area contributed by atoms with Crippen molar-refractivity contribution in [2.24, 2.45) is 0 Å². The highest BCUT2D eigenvalue weighted by Crippen LogP contribution is 2.40. The van der Waals surface area contributed by atoms with Crippen LogP contribution in [0.15, 0.2) is 59.1 Å². The number of hydrogen-bond acceptors (Lipinski definition) is 4. The summed E-state index contributed by atoms with van der Waals surface area (Å²) in [6, 6.07) is 7.68. The molecular formula is C21H13F5N2O2S2. The molecule has 2 aromatic carbocycles. The molecule has 0 fully saturated rings. The standard InChI is InChI=1S/C21H13F5N2O2S2/c1-11-16-8-14(22)3-5-19(16)31-20(11)32(29,30)28-18-4-2-12(7-17(18)21(24,25)26)13-6-15(23)10-27-9-13/h2-10,28H,1H3. The van der Waals surface area contributed by atoms with Gasteiger partial charge in [-0.15, -0.1) is 11.3 Å². The number of thiophene rings is 1. The molecule has 0 unspecified atom stereocenters. The number of fused-ring (bicyclic) bond motifs is 1. The van der Waals surface area contributed by atoms with Crippen molar-refractivity contribution in [3.63, 3.8) is 0 Å². The number of halogens is 5. The zero-order valence-corrected chi connectivity index (χ0v) is 17.8. The fourth-order valence-corrected chi connectivity index (χ4v) is 6.06. The van der Waals surface area contributed by atoms with Gasteiger partial charge in [0.05, 0.1) is 17.4 Å². The van der Waals surface area contributed by atoms with Gasteiger partial charge in [0.2, 0.25) is 0 Å². The Bertz CT molecular complexity index is 1450. The second-order valence-electron chi connectivity index (χ2n) is 6.91. The first-order chi connectivity index (χ1) is 15.0. The number of nitrogens with zero attached hydrogens (tertiary/aromatic N) is 1. The van der Waals surface area contributed by atoms with Crippen molar-refractivity contribution in [2.45, 2.75) is 17.3 Å². The summed E-state index contributed by atoms with van der Waals surface area (Å²) < 4.78 is 96.3. The summed E-state index contributed by atoms with van der Waals surface area (Å²) in [6.07, 6.45) is -2.79. The molecule has 2 aromatic heterocycles. The topological polar surface area (TPSA) is 59.1 Å². The number of pyridine rings is 1. The normalized spacial score (nSPS) is 12.3. The Kier molecular flexibility index (Phi) is 5.41. The highest BCUT2D eigenvalue weighted by molar-refractivity contribution is 7.94. The van der Waals surface area contributed by atoms with Crippen LogP contribution in [0, 0.1) is 18.6 Å². The molecule has 0 radical (unpaired) electrons. The van der Waals surface area contributed by atoms with Gasteiger partial charge in [-0.2, -0.15) is 13.2 Å². The Morgan fingerprint density at radius 1 is 0.938 bits per heavy atom. The number of aryl methyl sites for hydroxylation is 1. The van der Waals surface area contributed by atoms with Crippen LogP contribution >= 0.6 is 11.3 Å². The van der Waals surface area contributed by atoms with Crippen LogP contribution in [0.2, 0.25) is 0 Å². The average Bonchev–Trinajstić information content (AvgIpc) is 3.04. The van der Waals surface area contributed by atoms with E-state index in [4.69, 9.17) is 0 Å². The van der Waals surface area contributed by atoms with Gasteiger partial charge >= 0.3 is 6.18 Å². The minimum atomic E-state index is -4.90. The second-order valence-corrected chi connectivity index (χ2v) is 9.84. The molecule has 4 rings (SSSR count). The smallest absolute Gasteiger partial charge is 0.278 e. The van der Waals surface area contributed by atoms with Crippen LogP contribution in [0.3, 0.4) is 0 Å². The number of aromatic nitrogens is 1. The molecule has 4 nitrogen and oxygen atoms in total. The summed E-state index contributed by atoms with van der Waals surface area (Å²) in [6.45, 7) is 1.46. The fourth-order valence-electron chi connectivity index (χ4n) is 3.24. The van der Waals surface area contributed by atoms with Crippen LogP contribution in [0.4, 0.5) is 27.6 Å². The summed E-state index contributed by atoms with van der Waals surface area (Å²) in [4.78, 5) is 3.62. The molecule has 0 aliphatic carbocycles. The van der Waals surface area contributed by atoms with Gasteiger partial charge < -0.3 is 0 Å². The first-order valence-corrected chi connectivity index (χ1v) is 11.3. The summed E-state index contributed by atoms with van der Waals surface area (Å²) >= 11 is 0.825. The van der Waals surface area contributed by atoms with E-state index in [2.05, 4.69) is 4.98 Å². The minimum Gasteiger partial charge on any atom is -0.278 e. The van der Waals surface area contributed by atoms with Gasteiger partial charge in [0.1, 0.15) is 15.8 Å². The van der Waals surface area contributed by atoms with Crippen LogP contribution in [0.1, 0.15) is 11.1 Å². The SMILES string of the molecule is Cc1c(S(=O)(=O)Nc2ccc(-c3cncc(F)c3)cc2C(F)(F)F)sc2ccc(F)cc12. The molecule has 32 heavy (non-hydrogen) atoms. The summed E-state index contributed by atoms with van der Waals surface area (Å²) in [5.74, 6) is -1.28. The molecule has 0 saturated heterocycles. The van der Waals surface area contributed by atoms with Crippen molar-refractivity contribution in [1.82, 2.24) is 4.98 Å². The second kappa shape index (κ2) is 7.82. The molecule has 1 N–H and O–H groups in total. The predicted molar refractivity (Wildman–Crippen MR) is 112 cm³/mol. The quantitative estimate of drug-likeness (QED) is 0.343. The molecule has 0 amide bonds. The average molecular weight is 484 g/mol. The van der Waals surface area contributed by atoms with E-state index in [9.17, 15) is 30.4 Å². The Hall–Kier alpha value is -3.05. The molecule has 2 heterocycles. The highest BCUT2D eigenvalue weighted by atomic mass is 32.2. The van der Waals surface area contributed by atoms with E-state index in [1.54, 1.807) is 0 Å². The van der Waals surface area contributed by atoms with E-state index in [0.29, 0.717) is 10.1 Å². The third-order valence-electron chi connectivity index (χ3n) is 4.71. The van der Waals surface area contributed by atoms with E-state index in [-0.39, 0.29) is 20.9 Å². The molecule has 11 heteroatoms. The molecule has 0 aliphatic rings. The lowest BCUT2D eigenvalue weighted by atomic mass is 10.0. The number of anilines is 1. The maximum absolute atomic E-state index is 13.7. The maximum atomic E-state index is 13.7. The predicted octanol–water partition coefficient (Wildman–Crippen LogP) is 6.37. The minimum absolute atomic E-state index is 0.0146. The highest BCUT2D eigenvalue weighted by Gasteiger charge is 2.35. The van der Waals surface area contributed by atoms with Crippen LogP contribution in [0.5, 0.6) is 0 Å². The first-order valence-electron chi connectivity index (χ1n) is 8.99. The third kappa shape index (κ3) is 4.17. The van der Waals surface area contributed by atoms with Crippen LogP contribution in [0.25, 0.3) is 21.2 Å². The molecular weight excluding hydrogens is 471 g/mol. The molecule has 0 aliphatic heterocycles. The summed E-state index contributed by atoms with van der Waals surface area (Å²) in [5.41, 5.74) is -1.58. The van der Waals surface area contributed by atoms with Crippen molar-refractivity contribution in [3.05, 3.63) is 77.6 Å². The molecule has 0 saturated carbocycles. The van der Waals surface area contributed by atoms with E-state index in [1.165, 1.54) is 37.4 Å². The van der Waals surface area contributed by atoms with Crippen molar-refractivity contribution in [3.8, 4) is 11.1 Å². The van der Waals surface area contributed by atoms with Crippen LogP contribution in [-0.2, 0) is 16.2 Å². The number of benzene rings is 2. The van der Waals surface area contributed by atoms with E-state index in [0.717, 1.165) is 35.7 Å². The number of alkyl halides is 3. The Morgan fingerprint density at radius 2 is 1.69 bits per heavy atom. The first kappa shape index (κ1) is 22.2. The van der Waals surface area contributed by atoms with Gasteiger partial charge in [0.25, 0.3) is 10.0 Å². The summed E-state index contributed by atoms with van der Waals surface area (Å²) in [7, 11) is -4.41. The third-order valence-corrected chi connectivity index (χ3v) is 7.96. The van der Waals surface area contributed by atoms with Crippen molar-refractivity contribution >= 4 is 37.1 Å². The van der Waals surface area contributed by atoms with Gasteiger partial charge in [-0.3, -0.25) is 9.71 Å². The van der Waals surface area contributed by atoms with E-state index in [1.807, 2.05) is 4.72 Å². The zero-order chi connectivity index (χ0) is 23.3. The Labute approximate surface area is 183 Å². The van der Waals surface area contributed by atoms with Gasteiger partial charge in [0.15, 0.2) is 0 Å². The van der Waals surface area contributed by atoms with Crippen molar-refractivity contribution in [1.29, 1.82) is 0 Å². The molecule has 4 aromatic rings. The molecule has 0 bridgehead atoms. The van der Waals surface area contributed by atoms with Gasteiger partial charge in [-0.1, -0.05) is 6.07 Å². The van der Waals surface area contributed by atoms with E-state index < -0.39 is 39.1 Å². The lowest BCUT2D eigenvalue weighted by Crippen LogP contribution is -2.17. The number of sulfonamides is 1. The van der Waals surface area contributed by atoms with E-state index >= 15 is 0 Å². The number of nitrogens with one attached hydrogen (secondary N) is 1. The van der Waals surface area contributed by atoms with Crippen molar-refractivity contribution < 1.29 is 30.4 Å². The van der Waals surface area contributed by atoms with Gasteiger partial charge in [0, 0.05) is 16.5 Å². The van der Waals surface area contributed by atoms with Gasteiger partial charge in [-0.25, -0.2) is 17.2 Å². The molecule has 0 atom stereocenters. The zero-order valence-electron chi connectivity index (χ0n) is 16.2. The van der Waals surface area contributed by atoms with Gasteiger partial charge in [-0.05, 0) is 59.8 Å². The maximum Gasteiger partial charge on any atom is 0.418 e. The lowest BCUT2D eigenvalue weighted by Gasteiger charge is -2.16. The van der Waals surface area contributed by atoms with Crippen LogP contribution in [-0.4, -0.2) is 13.4 Å². The number of rotatable bonds is 4. The largest absolute Gasteiger partial charge is 0.418 e. The lowest BCUT2D eigenvalue weighted by molar-refractivity contribution is -0.136. The van der Waals surface area contributed by atoms with Crippen LogP contribution < -0.4 is 4.72 Å². The monoisotopic (exact) mass is 484 g/mol. The fraction of sp³-hybridized carbons (Fsp3) is 0.0952. The molecule has 0 spiro atoms. The number of hydrogen-bond donors (Lipinski definition) is 1. The molecule has 166 valence electrons.